The van der Waals surface area contributed by atoms with Crippen LogP contribution in [0.25, 0.3) is 0 Å². The standard InChI is InChI=1S/C14H25N5O2/c1-10(2)18-13(12(19(20)21)11(3)16-18)17-8-6-14(4,15-5)7-9-17/h10,15H,6-9H2,1-5H3. The van der Waals surface area contributed by atoms with Crippen molar-refractivity contribution in [1.82, 2.24) is 15.1 Å². The smallest absolute Gasteiger partial charge is 0.333 e. The topological polar surface area (TPSA) is 76.2 Å². The fourth-order valence-corrected chi connectivity index (χ4v) is 2.86. The maximum atomic E-state index is 11.4. The summed E-state index contributed by atoms with van der Waals surface area (Å²) >= 11 is 0. The van der Waals surface area contributed by atoms with E-state index < -0.39 is 0 Å². The predicted octanol–water partition coefficient (Wildman–Crippen LogP) is 2.26. The van der Waals surface area contributed by atoms with Crippen LogP contribution in [0.4, 0.5) is 11.5 Å². The first-order chi connectivity index (χ1) is 9.79. The Balaban J connectivity index is 2.37. The third kappa shape index (κ3) is 2.88. The Morgan fingerprint density at radius 1 is 1.38 bits per heavy atom. The Morgan fingerprint density at radius 2 is 1.95 bits per heavy atom. The highest BCUT2D eigenvalue weighted by Crippen LogP contribution is 2.36. The van der Waals surface area contributed by atoms with Crippen molar-refractivity contribution in [2.75, 3.05) is 25.0 Å². The van der Waals surface area contributed by atoms with Crippen LogP contribution in [0.15, 0.2) is 0 Å². The monoisotopic (exact) mass is 295 g/mol. The van der Waals surface area contributed by atoms with Crippen LogP contribution < -0.4 is 10.2 Å². The number of aromatic nitrogens is 2. The van der Waals surface area contributed by atoms with Gasteiger partial charge in [0.1, 0.15) is 5.69 Å². The SMILES string of the molecule is CNC1(C)CCN(c2c([N+](=O)[O-])c(C)nn2C(C)C)CC1. The van der Waals surface area contributed by atoms with Crippen LogP contribution in [0, 0.1) is 17.0 Å². The van der Waals surface area contributed by atoms with Crippen LogP contribution >= 0.6 is 0 Å². The molecule has 0 aromatic carbocycles. The predicted molar refractivity (Wildman–Crippen MR) is 82.9 cm³/mol. The molecule has 0 saturated carbocycles. The van der Waals surface area contributed by atoms with E-state index in [2.05, 4.69) is 22.2 Å². The maximum absolute atomic E-state index is 11.4. The number of aryl methyl sites for hydroxylation is 1. The molecule has 1 aliphatic heterocycles. The quantitative estimate of drug-likeness (QED) is 0.681. The Kier molecular flexibility index (Phi) is 4.22. The number of hydrogen-bond donors (Lipinski definition) is 1. The minimum absolute atomic E-state index is 0.102. The van der Waals surface area contributed by atoms with Gasteiger partial charge in [-0.05, 0) is 47.6 Å². The second-order valence-corrected chi connectivity index (χ2v) is 6.35. The van der Waals surface area contributed by atoms with Crippen LogP contribution in [0.5, 0.6) is 0 Å². The summed E-state index contributed by atoms with van der Waals surface area (Å²) in [5, 5.41) is 19.1. The summed E-state index contributed by atoms with van der Waals surface area (Å²) in [7, 11) is 1.97. The Morgan fingerprint density at radius 3 is 2.38 bits per heavy atom. The van der Waals surface area contributed by atoms with E-state index in [1.807, 2.05) is 20.9 Å². The van der Waals surface area contributed by atoms with Gasteiger partial charge in [0.25, 0.3) is 0 Å². The fraction of sp³-hybridized carbons (Fsp3) is 0.786. The molecule has 7 nitrogen and oxygen atoms in total. The van der Waals surface area contributed by atoms with Crippen molar-refractivity contribution >= 4 is 11.5 Å². The first-order valence-electron chi connectivity index (χ1n) is 7.46. The van der Waals surface area contributed by atoms with Crippen LogP contribution in [-0.4, -0.2) is 40.4 Å². The average molecular weight is 295 g/mol. The minimum atomic E-state index is -0.303. The van der Waals surface area contributed by atoms with Crippen molar-refractivity contribution in [2.24, 2.45) is 0 Å². The molecule has 118 valence electrons. The largest absolute Gasteiger partial charge is 0.351 e. The Labute approximate surface area is 125 Å². The van der Waals surface area contributed by atoms with Crippen LogP contribution in [0.1, 0.15) is 45.3 Å². The molecule has 1 aromatic rings. The lowest BCUT2D eigenvalue weighted by Crippen LogP contribution is -2.50. The molecule has 1 aliphatic rings. The highest BCUT2D eigenvalue weighted by molar-refractivity contribution is 5.62. The second-order valence-electron chi connectivity index (χ2n) is 6.35. The molecule has 1 N–H and O–H groups in total. The van der Waals surface area contributed by atoms with Crippen molar-refractivity contribution in [1.29, 1.82) is 0 Å². The van der Waals surface area contributed by atoms with Gasteiger partial charge in [-0.25, -0.2) is 4.68 Å². The molecule has 1 fully saturated rings. The van der Waals surface area contributed by atoms with Gasteiger partial charge >= 0.3 is 5.69 Å². The normalized spacial score (nSPS) is 18.3. The summed E-state index contributed by atoms with van der Waals surface area (Å²) in [6, 6.07) is 0.102. The van der Waals surface area contributed by atoms with Gasteiger partial charge in [0, 0.05) is 24.7 Å². The molecule has 1 saturated heterocycles. The number of piperidine rings is 1. The van der Waals surface area contributed by atoms with Crippen LogP contribution in [0.2, 0.25) is 0 Å². The zero-order valence-electron chi connectivity index (χ0n) is 13.5. The zero-order chi connectivity index (χ0) is 15.8. The first kappa shape index (κ1) is 15.8. The van der Waals surface area contributed by atoms with Gasteiger partial charge in [-0.3, -0.25) is 10.1 Å². The molecule has 2 heterocycles. The average Bonchev–Trinajstić information content (AvgIpc) is 2.77. The van der Waals surface area contributed by atoms with Gasteiger partial charge in [-0.15, -0.1) is 0 Å². The van der Waals surface area contributed by atoms with Crippen LogP contribution in [0.3, 0.4) is 0 Å². The number of anilines is 1. The molecule has 0 amide bonds. The molecule has 7 heteroatoms. The molecule has 0 atom stereocenters. The molecule has 21 heavy (non-hydrogen) atoms. The molecular weight excluding hydrogens is 270 g/mol. The van der Waals surface area contributed by atoms with Crippen molar-refractivity contribution in [3.8, 4) is 0 Å². The molecule has 0 bridgehead atoms. The summed E-state index contributed by atoms with van der Waals surface area (Å²) in [4.78, 5) is 13.2. The van der Waals surface area contributed by atoms with Gasteiger partial charge in [0.2, 0.25) is 5.82 Å². The van der Waals surface area contributed by atoms with E-state index in [-0.39, 0.29) is 22.2 Å². The third-order valence-corrected chi connectivity index (χ3v) is 4.47. The van der Waals surface area contributed by atoms with E-state index in [1.54, 1.807) is 11.6 Å². The van der Waals surface area contributed by atoms with Gasteiger partial charge in [0.15, 0.2) is 0 Å². The Hall–Kier alpha value is -1.63. The van der Waals surface area contributed by atoms with E-state index in [0.29, 0.717) is 11.5 Å². The number of nitro groups is 1. The lowest BCUT2D eigenvalue weighted by molar-refractivity contribution is -0.384. The van der Waals surface area contributed by atoms with Crippen molar-refractivity contribution in [2.45, 2.75) is 52.1 Å². The Bertz CT molecular complexity index is 530. The maximum Gasteiger partial charge on any atom is 0.333 e. The first-order valence-corrected chi connectivity index (χ1v) is 7.46. The lowest BCUT2D eigenvalue weighted by Gasteiger charge is -2.40. The summed E-state index contributed by atoms with van der Waals surface area (Å²) in [6.45, 7) is 9.51. The summed E-state index contributed by atoms with van der Waals surface area (Å²) in [5.74, 6) is 0.658. The van der Waals surface area contributed by atoms with E-state index in [0.717, 1.165) is 25.9 Å². The van der Waals surface area contributed by atoms with Crippen molar-refractivity contribution < 1.29 is 4.92 Å². The second kappa shape index (κ2) is 5.63. The van der Waals surface area contributed by atoms with Gasteiger partial charge < -0.3 is 10.2 Å². The molecule has 0 unspecified atom stereocenters. The van der Waals surface area contributed by atoms with Gasteiger partial charge in [-0.1, -0.05) is 0 Å². The fourth-order valence-electron chi connectivity index (χ4n) is 2.86. The minimum Gasteiger partial charge on any atom is -0.351 e. The molecule has 0 radical (unpaired) electrons. The number of nitrogens with one attached hydrogen (secondary N) is 1. The van der Waals surface area contributed by atoms with E-state index in [4.69, 9.17) is 0 Å². The van der Waals surface area contributed by atoms with E-state index in [1.165, 1.54) is 0 Å². The molecular formula is C14H25N5O2. The summed E-state index contributed by atoms with van der Waals surface area (Å²) in [6.07, 6.45) is 1.92. The van der Waals surface area contributed by atoms with E-state index >= 15 is 0 Å². The van der Waals surface area contributed by atoms with Crippen molar-refractivity contribution in [3.63, 3.8) is 0 Å². The van der Waals surface area contributed by atoms with Crippen molar-refractivity contribution in [3.05, 3.63) is 15.8 Å². The van der Waals surface area contributed by atoms with Crippen LogP contribution in [-0.2, 0) is 0 Å². The number of hydrogen-bond acceptors (Lipinski definition) is 5. The summed E-state index contributed by atoms with van der Waals surface area (Å²) < 4.78 is 1.79. The highest BCUT2D eigenvalue weighted by atomic mass is 16.6. The molecule has 0 spiro atoms. The van der Waals surface area contributed by atoms with Gasteiger partial charge in [-0.2, -0.15) is 5.10 Å². The molecule has 1 aromatic heterocycles. The third-order valence-electron chi connectivity index (χ3n) is 4.47. The van der Waals surface area contributed by atoms with E-state index in [9.17, 15) is 10.1 Å². The molecule has 0 aliphatic carbocycles. The highest BCUT2D eigenvalue weighted by Gasteiger charge is 2.35. The molecule has 2 rings (SSSR count). The zero-order valence-corrected chi connectivity index (χ0v) is 13.5. The summed E-state index contributed by atoms with van der Waals surface area (Å²) in [5.41, 5.74) is 0.755. The lowest BCUT2D eigenvalue weighted by atomic mass is 9.90. The number of rotatable bonds is 4. The van der Waals surface area contributed by atoms with Gasteiger partial charge in [0.05, 0.1) is 4.92 Å². The number of nitrogens with zero attached hydrogens (tertiary/aromatic N) is 4.